The number of nitrogens with two attached hydrogens (primary N) is 2. The summed E-state index contributed by atoms with van der Waals surface area (Å²) < 4.78 is 0.932. The number of rotatable bonds is 1. The van der Waals surface area contributed by atoms with Gasteiger partial charge in [0.25, 0.3) is 5.91 Å². The molecule has 0 fully saturated rings. The zero-order valence-corrected chi connectivity index (χ0v) is 7.47. The van der Waals surface area contributed by atoms with Crippen LogP contribution in [0.15, 0.2) is 18.3 Å². The van der Waals surface area contributed by atoms with E-state index in [0.717, 1.165) is 10.1 Å². The molecule has 66 valence electrons. The fraction of sp³-hybridized carbons (Fsp3) is 0. The third kappa shape index (κ3) is 1.23. The molecule has 0 aliphatic heterocycles. The van der Waals surface area contributed by atoms with Gasteiger partial charge in [0.15, 0.2) is 0 Å². The van der Waals surface area contributed by atoms with Crippen LogP contribution in [0.2, 0.25) is 0 Å². The fourth-order valence-electron chi connectivity index (χ4n) is 1.11. The van der Waals surface area contributed by atoms with Crippen molar-refractivity contribution in [1.29, 1.82) is 0 Å². The highest BCUT2D eigenvalue weighted by atomic mass is 32.1. The van der Waals surface area contributed by atoms with Crippen molar-refractivity contribution in [2.24, 2.45) is 5.73 Å². The number of nitrogens with zero attached hydrogens (tertiary/aromatic N) is 1. The molecule has 0 bridgehead atoms. The lowest BCUT2D eigenvalue weighted by Gasteiger charge is -1.90. The van der Waals surface area contributed by atoms with Gasteiger partial charge < -0.3 is 11.5 Å². The summed E-state index contributed by atoms with van der Waals surface area (Å²) in [5.74, 6) is 0.00171. The van der Waals surface area contributed by atoms with Gasteiger partial charge in [0.1, 0.15) is 5.82 Å². The lowest BCUT2D eigenvalue weighted by Crippen LogP contribution is -2.08. The highest BCUT2D eigenvalue weighted by Gasteiger charge is 2.08. The van der Waals surface area contributed by atoms with Crippen LogP contribution in [0, 0.1) is 0 Å². The van der Waals surface area contributed by atoms with Crippen molar-refractivity contribution in [3.05, 3.63) is 23.2 Å². The van der Waals surface area contributed by atoms with E-state index in [9.17, 15) is 4.79 Å². The predicted octanol–water partition coefficient (Wildman–Crippen LogP) is 0.977. The van der Waals surface area contributed by atoms with E-state index in [1.807, 2.05) is 6.07 Å². The number of pyridine rings is 1. The molecule has 0 aliphatic carbocycles. The molecule has 2 heterocycles. The van der Waals surface area contributed by atoms with Crippen LogP contribution < -0.4 is 11.5 Å². The minimum atomic E-state index is -0.430. The molecule has 0 saturated carbocycles. The molecule has 0 spiro atoms. The summed E-state index contributed by atoms with van der Waals surface area (Å²) in [5, 5.41) is 0.793. The van der Waals surface area contributed by atoms with Gasteiger partial charge in [0.2, 0.25) is 0 Å². The molecule has 0 unspecified atom stereocenters. The first-order chi connectivity index (χ1) is 6.18. The number of thiophene rings is 1. The number of nitrogen functional groups attached to an aromatic ring is 1. The van der Waals surface area contributed by atoms with Gasteiger partial charge in [-0.3, -0.25) is 4.79 Å². The van der Waals surface area contributed by atoms with E-state index in [-0.39, 0.29) is 0 Å². The quantitative estimate of drug-likeness (QED) is 0.708. The van der Waals surface area contributed by atoms with Crippen molar-refractivity contribution in [1.82, 2.24) is 4.98 Å². The predicted molar refractivity (Wildman–Crippen MR) is 52.6 cm³/mol. The normalized spacial score (nSPS) is 10.5. The lowest BCUT2D eigenvalue weighted by molar-refractivity contribution is 0.100. The van der Waals surface area contributed by atoms with Crippen LogP contribution in [0.5, 0.6) is 0 Å². The number of carbonyl (C=O) groups is 1. The average molecular weight is 193 g/mol. The Hall–Kier alpha value is -1.62. The number of hydrogen-bond acceptors (Lipinski definition) is 4. The molecule has 1 amide bonds. The molecule has 2 rings (SSSR count). The topological polar surface area (TPSA) is 82.0 Å². The minimum Gasteiger partial charge on any atom is -0.383 e. The molecule has 0 radical (unpaired) electrons. The number of primary amides is 1. The molecule has 0 saturated heterocycles. The summed E-state index contributed by atoms with van der Waals surface area (Å²) in [6.07, 6.45) is 1.61. The Morgan fingerprint density at radius 2 is 2.31 bits per heavy atom. The Bertz CT molecular complexity index is 477. The second-order valence-corrected chi connectivity index (χ2v) is 3.67. The SMILES string of the molecule is NC(=O)c1cc2c(N)nccc2s1. The zero-order valence-electron chi connectivity index (χ0n) is 6.65. The fourth-order valence-corrected chi connectivity index (χ4v) is 2.02. The van der Waals surface area contributed by atoms with E-state index in [1.165, 1.54) is 11.3 Å². The average Bonchev–Trinajstić information content (AvgIpc) is 2.49. The van der Waals surface area contributed by atoms with E-state index in [4.69, 9.17) is 11.5 Å². The Balaban J connectivity index is 2.75. The number of anilines is 1. The van der Waals surface area contributed by atoms with Crippen molar-refractivity contribution in [3.8, 4) is 0 Å². The van der Waals surface area contributed by atoms with Crippen LogP contribution in [0.1, 0.15) is 9.67 Å². The molecular weight excluding hydrogens is 186 g/mol. The van der Waals surface area contributed by atoms with E-state index in [2.05, 4.69) is 4.98 Å². The van der Waals surface area contributed by atoms with Gasteiger partial charge in [-0.25, -0.2) is 4.98 Å². The van der Waals surface area contributed by atoms with Gasteiger partial charge >= 0.3 is 0 Å². The summed E-state index contributed by atoms with van der Waals surface area (Å²) in [5.41, 5.74) is 10.8. The van der Waals surface area contributed by atoms with Crippen LogP contribution >= 0.6 is 11.3 Å². The molecule has 2 aromatic heterocycles. The van der Waals surface area contributed by atoms with Crippen LogP contribution in [0.25, 0.3) is 10.1 Å². The Kier molecular flexibility index (Phi) is 1.66. The van der Waals surface area contributed by atoms with E-state index in [1.54, 1.807) is 12.3 Å². The van der Waals surface area contributed by atoms with Crippen LogP contribution in [0.3, 0.4) is 0 Å². The number of carbonyl (C=O) groups excluding carboxylic acids is 1. The maximum atomic E-state index is 10.9. The number of hydrogen-bond donors (Lipinski definition) is 2. The van der Waals surface area contributed by atoms with Gasteiger partial charge in [-0.15, -0.1) is 11.3 Å². The smallest absolute Gasteiger partial charge is 0.258 e. The minimum absolute atomic E-state index is 0.430. The Morgan fingerprint density at radius 1 is 1.54 bits per heavy atom. The summed E-state index contributed by atoms with van der Waals surface area (Å²) in [6, 6.07) is 3.48. The van der Waals surface area contributed by atoms with Gasteiger partial charge in [-0.05, 0) is 12.1 Å². The Labute approximate surface area is 78.2 Å². The second kappa shape index (κ2) is 2.70. The molecule has 0 atom stereocenters. The summed E-state index contributed by atoms with van der Waals surface area (Å²) in [7, 11) is 0. The number of fused-ring (bicyclic) bond motifs is 1. The van der Waals surface area contributed by atoms with Crippen molar-refractivity contribution < 1.29 is 4.79 Å². The van der Waals surface area contributed by atoms with Gasteiger partial charge in [0, 0.05) is 16.3 Å². The number of aromatic nitrogens is 1. The molecule has 4 N–H and O–H groups in total. The standard InChI is InChI=1S/C8H7N3OS/c9-7-4-3-6(8(10)12)13-5(4)1-2-11-7/h1-3H,(H2,9,11)(H2,10,12). The molecule has 0 aromatic carbocycles. The maximum absolute atomic E-state index is 10.9. The van der Waals surface area contributed by atoms with E-state index in [0.29, 0.717) is 10.7 Å². The lowest BCUT2D eigenvalue weighted by atomic mass is 10.3. The zero-order chi connectivity index (χ0) is 9.42. The van der Waals surface area contributed by atoms with Crippen LogP contribution in [-0.4, -0.2) is 10.9 Å². The highest BCUT2D eigenvalue weighted by molar-refractivity contribution is 7.20. The van der Waals surface area contributed by atoms with E-state index < -0.39 is 5.91 Å². The first-order valence-corrected chi connectivity index (χ1v) is 4.44. The van der Waals surface area contributed by atoms with Crippen molar-refractivity contribution >= 4 is 33.1 Å². The first-order valence-electron chi connectivity index (χ1n) is 3.62. The van der Waals surface area contributed by atoms with Gasteiger partial charge in [-0.1, -0.05) is 0 Å². The van der Waals surface area contributed by atoms with Crippen molar-refractivity contribution in [3.63, 3.8) is 0 Å². The third-order valence-corrected chi connectivity index (χ3v) is 2.83. The maximum Gasteiger partial charge on any atom is 0.258 e. The molecule has 4 nitrogen and oxygen atoms in total. The third-order valence-electron chi connectivity index (χ3n) is 1.72. The molecule has 2 aromatic rings. The summed E-state index contributed by atoms with van der Waals surface area (Å²) in [4.78, 5) is 15.3. The molecule has 5 heteroatoms. The van der Waals surface area contributed by atoms with Crippen molar-refractivity contribution in [2.75, 3.05) is 5.73 Å². The number of amides is 1. The molecule has 13 heavy (non-hydrogen) atoms. The van der Waals surface area contributed by atoms with Crippen LogP contribution in [0.4, 0.5) is 5.82 Å². The highest BCUT2D eigenvalue weighted by Crippen LogP contribution is 2.27. The van der Waals surface area contributed by atoms with Gasteiger partial charge in [-0.2, -0.15) is 0 Å². The van der Waals surface area contributed by atoms with E-state index >= 15 is 0 Å². The van der Waals surface area contributed by atoms with Crippen LogP contribution in [-0.2, 0) is 0 Å². The Morgan fingerprint density at radius 3 is 2.92 bits per heavy atom. The molecule has 0 aliphatic rings. The van der Waals surface area contributed by atoms with Crippen molar-refractivity contribution in [2.45, 2.75) is 0 Å². The monoisotopic (exact) mass is 193 g/mol. The second-order valence-electron chi connectivity index (χ2n) is 2.58. The summed E-state index contributed by atoms with van der Waals surface area (Å²) in [6.45, 7) is 0. The largest absolute Gasteiger partial charge is 0.383 e. The summed E-state index contributed by atoms with van der Waals surface area (Å²) >= 11 is 1.32. The first kappa shape index (κ1) is 8.00. The van der Waals surface area contributed by atoms with Gasteiger partial charge in [0.05, 0.1) is 4.88 Å². The molecular formula is C8H7N3OS.